The highest BCUT2D eigenvalue weighted by molar-refractivity contribution is 9.10. The summed E-state index contributed by atoms with van der Waals surface area (Å²) < 4.78 is 30.0. The van der Waals surface area contributed by atoms with E-state index in [1.54, 1.807) is 17.9 Å². The van der Waals surface area contributed by atoms with Crippen LogP contribution in [0.15, 0.2) is 15.4 Å². The molecule has 1 aromatic carbocycles. The molecular weight excluding hydrogens is 358 g/mol. The van der Waals surface area contributed by atoms with Crippen molar-refractivity contribution in [3.63, 3.8) is 0 Å². The molecule has 5 nitrogen and oxygen atoms in total. The normalized spacial score (nSPS) is 15.3. The summed E-state index contributed by atoms with van der Waals surface area (Å²) in [6.45, 7) is 2.74. The summed E-state index contributed by atoms with van der Waals surface area (Å²) in [7, 11) is -1.90. The van der Waals surface area contributed by atoms with Gasteiger partial charge in [-0.15, -0.1) is 0 Å². The second-order valence-electron chi connectivity index (χ2n) is 5.13. The van der Waals surface area contributed by atoms with Crippen molar-refractivity contribution in [2.45, 2.75) is 24.7 Å². The van der Waals surface area contributed by atoms with E-state index in [-0.39, 0.29) is 10.8 Å². The standard InChI is InChI=1S/C14H18BrNO4S/c1-9(17)16-6-4-10-11(5-7-16)14(20-2)13(8-12(10)15)21(3,18)19/h8H,4-7H2,1-3H3. The van der Waals surface area contributed by atoms with Crippen molar-refractivity contribution >= 4 is 31.7 Å². The molecule has 1 amide bonds. The molecule has 0 fully saturated rings. The van der Waals surface area contributed by atoms with Crippen molar-refractivity contribution < 1.29 is 17.9 Å². The van der Waals surface area contributed by atoms with Crippen molar-refractivity contribution in [1.29, 1.82) is 0 Å². The number of halogens is 1. The molecule has 0 saturated carbocycles. The maximum absolute atomic E-state index is 11.9. The Kier molecular flexibility index (Phi) is 4.63. The number of rotatable bonds is 2. The lowest BCUT2D eigenvalue weighted by atomic mass is 10.0. The van der Waals surface area contributed by atoms with Crippen LogP contribution in [0.4, 0.5) is 0 Å². The number of ether oxygens (including phenoxy) is 1. The molecule has 0 saturated heterocycles. The second kappa shape index (κ2) is 5.96. The van der Waals surface area contributed by atoms with E-state index in [1.165, 1.54) is 13.4 Å². The van der Waals surface area contributed by atoms with Crippen LogP contribution in [-0.4, -0.2) is 45.7 Å². The Morgan fingerprint density at radius 3 is 2.33 bits per heavy atom. The van der Waals surface area contributed by atoms with Crippen LogP contribution in [0.1, 0.15) is 18.1 Å². The van der Waals surface area contributed by atoms with E-state index in [0.29, 0.717) is 31.7 Å². The zero-order valence-corrected chi connectivity index (χ0v) is 14.7. The number of hydrogen-bond acceptors (Lipinski definition) is 4. The van der Waals surface area contributed by atoms with Crippen LogP contribution in [0, 0.1) is 0 Å². The van der Waals surface area contributed by atoms with Crippen LogP contribution < -0.4 is 4.74 Å². The van der Waals surface area contributed by atoms with Gasteiger partial charge in [0.1, 0.15) is 10.6 Å². The maximum Gasteiger partial charge on any atom is 0.219 e. The molecule has 7 heteroatoms. The predicted octanol–water partition coefficient (Wildman–Crippen LogP) is 1.81. The summed E-state index contributed by atoms with van der Waals surface area (Å²) >= 11 is 3.46. The van der Waals surface area contributed by atoms with Gasteiger partial charge in [-0.1, -0.05) is 15.9 Å². The smallest absolute Gasteiger partial charge is 0.219 e. The van der Waals surface area contributed by atoms with Crippen molar-refractivity contribution in [3.05, 3.63) is 21.7 Å². The molecule has 21 heavy (non-hydrogen) atoms. The topological polar surface area (TPSA) is 63.7 Å². The zero-order valence-electron chi connectivity index (χ0n) is 12.3. The van der Waals surface area contributed by atoms with Gasteiger partial charge in [-0.3, -0.25) is 4.79 Å². The lowest BCUT2D eigenvalue weighted by Crippen LogP contribution is -2.30. The van der Waals surface area contributed by atoms with Gasteiger partial charge in [0.2, 0.25) is 5.91 Å². The van der Waals surface area contributed by atoms with Crippen LogP contribution in [0.2, 0.25) is 0 Å². The first-order chi connectivity index (χ1) is 9.75. The van der Waals surface area contributed by atoms with Gasteiger partial charge in [0.15, 0.2) is 9.84 Å². The van der Waals surface area contributed by atoms with E-state index in [2.05, 4.69) is 15.9 Å². The first-order valence-electron chi connectivity index (χ1n) is 6.59. The largest absolute Gasteiger partial charge is 0.495 e. The summed E-state index contributed by atoms with van der Waals surface area (Å²) in [6.07, 6.45) is 2.43. The average molecular weight is 376 g/mol. The summed E-state index contributed by atoms with van der Waals surface area (Å²) in [5, 5.41) is 0. The lowest BCUT2D eigenvalue weighted by molar-refractivity contribution is -0.128. The minimum absolute atomic E-state index is 0.0289. The third-order valence-electron chi connectivity index (χ3n) is 3.72. The van der Waals surface area contributed by atoms with Gasteiger partial charge in [0, 0.05) is 36.3 Å². The van der Waals surface area contributed by atoms with Crippen molar-refractivity contribution in [2.24, 2.45) is 0 Å². The van der Waals surface area contributed by atoms with E-state index in [0.717, 1.165) is 15.6 Å². The molecule has 0 radical (unpaired) electrons. The van der Waals surface area contributed by atoms with Gasteiger partial charge < -0.3 is 9.64 Å². The van der Waals surface area contributed by atoms with Gasteiger partial charge >= 0.3 is 0 Å². The number of fused-ring (bicyclic) bond motifs is 1. The number of nitrogens with zero attached hydrogens (tertiary/aromatic N) is 1. The predicted molar refractivity (Wildman–Crippen MR) is 83.5 cm³/mol. The molecule has 1 aliphatic rings. The quantitative estimate of drug-likeness (QED) is 0.790. The first kappa shape index (κ1) is 16.3. The highest BCUT2D eigenvalue weighted by Crippen LogP contribution is 2.37. The third-order valence-corrected chi connectivity index (χ3v) is 5.53. The fraction of sp³-hybridized carbons (Fsp3) is 0.500. The molecule has 2 rings (SSSR count). The molecule has 1 aliphatic heterocycles. The highest BCUT2D eigenvalue weighted by atomic mass is 79.9. The van der Waals surface area contributed by atoms with E-state index in [1.807, 2.05) is 0 Å². The molecule has 0 atom stereocenters. The summed E-state index contributed by atoms with van der Waals surface area (Å²) in [5.41, 5.74) is 1.89. The molecule has 0 spiro atoms. The molecule has 1 aromatic rings. The molecule has 0 N–H and O–H groups in total. The fourth-order valence-electron chi connectivity index (χ4n) is 2.65. The Balaban J connectivity index is 2.59. The van der Waals surface area contributed by atoms with Crippen molar-refractivity contribution in [1.82, 2.24) is 4.90 Å². The lowest BCUT2D eigenvalue weighted by Gasteiger charge is -2.17. The molecule has 0 unspecified atom stereocenters. The molecule has 0 aromatic heterocycles. The van der Waals surface area contributed by atoms with E-state index in [9.17, 15) is 13.2 Å². The van der Waals surface area contributed by atoms with Gasteiger partial charge in [0.05, 0.1) is 7.11 Å². The highest BCUT2D eigenvalue weighted by Gasteiger charge is 2.26. The summed E-state index contributed by atoms with van der Waals surface area (Å²) in [4.78, 5) is 13.5. The van der Waals surface area contributed by atoms with Gasteiger partial charge in [0.25, 0.3) is 0 Å². The number of carbonyl (C=O) groups excluding carboxylic acids is 1. The number of benzene rings is 1. The fourth-order valence-corrected chi connectivity index (χ4v) is 4.35. The second-order valence-corrected chi connectivity index (χ2v) is 7.96. The first-order valence-corrected chi connectivity index (χ1v) is 9.28. The molecule has 0 aliphatic carbocycles. The average Bonchev–Trinajstić information content (AvgIpc) is 2.60. The number of carbonyl (C=O) groups is 1. The van der Waals surface area contributed by atoms with E-state index >= 15 is 0 Å². The Morgan fingerprint density at radius 2 is 1.86 bits per heavy atom. The molecule has 0 bridgehead atoms. The van der Waals surface area contributed by atoms with Crippen molar-refractivity contribution in [2.75, 3.05) is 26.5 Å². The summed E-state index contributed by atoms with van der Waals surface area (Å²) in [5.74, 6) is 0.433. The van der Waals surface area contributed by atoms with Crippen LogP contribution in [-0.2, 0) is 27.5 Å². The summed E-state index contributed by atoms with van der Waals surface area (Å²) in [6, 6.07) is 1.59. The Bertz CT molecular complexity index is 685. The van der Waals surface area contributed by atoms with E-state index < -0.39 is 9.84 Å². The minimum Gasteiger partial charge on any atom is -0.495 e. The van der Waals surface area contributed by atoms with Crippen LogP contribution in [0.25, 0.3) is 0 Å². The van der Waals surface area contributed by atoms with Gasteiger partial charge in [-0.2, -0.15) is 0 Å². The van der Waals surface area contributed by atoms with E-state index in [4.69, 9.17) is 4.74 Å². The molecular formula is C14H18BrNO4S. The van der Waals surface area contributed by atoms with Crippen LogP contribution in [0.3, 0.4) is 0 Å². The third kappa shape index (κ3) is 3.23. The number of sulfone groups is 1. The number of amides is 1. The van der Waals surface area contributed by atoms with Crippen molar-refractivity contribution in [3.8, 4) is 5.75 Å². The number of hydrogen-bond donors (Lipinski definition) is 0. The molecule has 1 heterocycles. The van der Waals surface area contributed by atoms with Crippen LogP contribution in [0.5, 0.6) is 5.75 Å². The SMILES string of the molecule is COc1c(S(C)(=O)=O)cc(Br)c2c1CCN(C(C)=O)CC2. The van der Waals surface area contributed by atoms with Crippen LogP contribution >= 0.6 is 15.9 Å². The number of methoxy groups -OCH3 is 1. The Hall–Kier alpha value is -1.08. The van der Waals surface area contributed by atoms with Gasteiger partial charge in [-0.25, -0.2) is 8.42 Å². The maximum atomic E-state index is 11.9. The minimum atomic E-state index is -3.38. The molecule has 116 valence electrons. The Morgan fingerprint density at radius 1 is 1.29 bits per heavy atom. The zero-order chi connectivity index (χ0) is 15.8. The monoisotopic (exact) mass is 375 g/mol. The Labute approximate surface area is 133 Å². The van der Waals surface area contributed by atoms with Gasteiger partial charge in [-0.05, 0) is 24.5 Å².